The standard InChI is InChI=1S/C14H30N2O/c1-4-14(3,17)11-16-12(2)10-13-8-6-5-7-9-15-13/h12-13,15-17H,4-11H2,1-3H3. The van der Waals surface area contributed by atoms with Crippen molar-refractivity contribution < 1.29 is 5.11 Å². The molecule has 0 saturated carbocycles. The highest BCUT2D eigenvalue weighted by Crippen LogP contribution is 2.13. The van der Waals surface area contributed by atoms with E-state index in [9.17, 15) is 5.11 Å². The average molecular weight is 242 g/mol. The lowest BCUT2D eigenvalue weighted by Crippen LogP contribution is -2.43. The van der Waals surface area contributed by atoms with Crippen molar-refractivity contribution in [2.24, 2.45) is 0 Å². The van der Waals surface area contributed by atoms with E-state index in [2.05, 4.69) is 17.6 Å². The van der Waals surface area contributed by atoms with Crippen LogP contribution >= 0.6 is 0 Å². The van der Waals surface area contributed by atoms with Gasteiger partial charge in [0.05, 0.1) is 5.60 Å². The second kappa shape index (κ2) is 7.34. The molecule has 1 aliphatic rings. The van der Waals surface area contributed by atoms with Crippen LogP contribution in [0, 0.1) is 0 Å². The van der Waals surface area contributed by atoms with Crippen molar-refractivity contribution >= 4 is 0 Å². The molecule has 0 amide bonds. The molecule has 0 radical (unpaired) electrons. The fourth-order valence-corrected chi connectivity index (χ4v) is 2.33. The van der Waals surface area contributed by atoms with Gasteiger partial charge in [-0.25, -0.2) is 0 Å². The molecule has 0 aromatic rings. The number of hydrogen-bond acceptors (Lipinski definition) is 3. The van der Waals surface area contributed by atoms with E-state index < -0.39 is 5.60 Å². The van der Waals surface area contributed by atoms with Gasteiger partial charge in [-0.05, 0) is 46.1 Å². The van der Waals surface area contributed by atoms with Crippen LogP contribution in [0.1, 0.15) is 59.3 Å². The molecule has 0 aliphatic carbocycles. The maximum Gasteiger partial charge on any atom is 0.0741 e. The summed E-state index contributed by atoms with van der Waals surface area (Å²) in [6, 6.07) is 1.13. The fourth-order valence-electron chi connectivity index (χ4n) is 2.33. The average Bonchev–Trinajstić information content (AvgIpc) is 2.55. The van der Waals surface area contributed by atoms with Crippen molar-refractivity contribution in [3.8, 4) is 0 Å². The van der Waals surface area contributed by atoms with E-state index in [-0.39, 0.29) is 0 Å². The second-order valence-corrected chi connectivity index (χ2v) is 5.87. The topological polar surface area (TPSA) is 44.3 Å². The summed E-state index contributed by atoms with van der Waals surface area (Å²) in [6.45, 7) is 8.01. The minimum Gasteiger partial charge on any atom is -0.389 e. The van der Waals surface area contributed by atoms with E-state index in [0.717, 1.165) is 6.42 Å². The van der Waals surface area contributed by atoms with Gasteiger partial charge >= 0.3 is 0 Å². The molecule has 0 spiro atoms. The molecule has 1 rings (SSSR count). The predicted octanol–water partition coefficient (Wildman–Crippen LogP) is 2.05. The first-order valence-electron chi connectivity index (χ1n) is 7.22. The fraction of sp³-hybridized carbons (Fsp3) is 1.00. The molecule has 0 aromatic carbocycles. The van der Waals surface area contributed by atoms with Crippen molar-refractivity contribution in [3.05, 3.63) is 0 Å². The van der Waals surface area contributed by atoms with Gasteiger partial charge in [0.25, 0.3) is 0 Å². The van der Waals surface area contributed by atoms with E-state index >= 15 is 0 Å². The minimum absolute atomic E-state index is 0.476. The maximum absolute atomic E-state index is 9.94. The van der Waals surface area contributed by atoms with Crippen LogP contribution in [0.3, 0.4) is 0 Å². The minimum atomic E-state index is -0.564. The normalized spacial score (nSPS) is 27.2. The van der Waals surface area contributed by atoms with Crippen LogP contribution in [0.15, 0.2) is 0 Å². The largest absolute Gasteiger partial charge is 0.389 e. The summed E-state index contributed by atoms with van der Waals surface area (Å²) in [5.74, 6) is 0. The third-order valence-electron chi connectivity index (χ3n) is 3.89. The van der Waals surface area contributed by atoms with Gasteiger partial charge in [-0.15, -0.1) is 0 Å². The summed E-state index contributed by atoms with van der Waals surface area (Å²) in [5, 5.41) is 17.0. The summed E-state index contributed by atoms with van der Waals surface area (Å²) in [7, 11) is 0. The first-order chi connectivity index (χ1) is 8.03. The number of aliphatic hydroxyl groups is 1. The van der Waals surface area contributed by atoms with E-state index in [0.29, 0.717) is 18.6 Å². The molecule has 102 valence electrons. The van der Waals surface area contributed by atoms with Crippen LogP contribution in [0.25, 0.3) is 0 Å². The summed E-state index contributed by atoms with van der Waals surface area (Å²) in [4.78, 5) is 0. The van der Waals surface area contributed by atoms with Gasteiger partial charge < -0.3 is 15.7 Å². The number of nitrogens with one attached hydrogen (secondary N) is 2. The Morgan fingerprint density at radius 1 is 1.41 bits per heavy atom. The van der Waals surface area contributed by atoms with Crippen molar-refractivity contribution in [3.63, 3.8) is 0 Å². The quantitative estimate of drug-likeness (QED) is 0.668. The van der Waals surface area contributed by atoms with Gasteiger partial charge in [-0.2, -0.15) is 0 Å². The van der Waals surface area contributed by atoms with Crippen LogP contribution in [-0.4, -0.2) is 35.9 Å². The number of rotatable bonds is 6. The van der Waals surface area contributed by atoms with Crippen LogP contribution in [-0.2, 0) is 0 Å². The monoisotopic (exact) mass is 242 g/mol. The molecule has 1 saturated heterocycles. The van der Waals surface area contributed by atoms with E-state index in [1.807, 2.05) is 13.8 Å². The van der Waals surface area contributed by atoms with Gasteiger partial charge in [0.15, 0.2) is 0 Å². The van der Waals surface area contributed by atoms with E-state index in [4.69, 9.17) is 0 Å². The zero-order valence-corrected chi connectivity index (χ0v) is 11.8. The van der Waals surface area contributed by atoms with Gasteiger partial charge in [-0.1, -0.05) is 19.8 Å². The molecular formula is C14H30N2O. The molecule has 1 heterocycles. The SMILES string of the molecule is CCC(C)(O)CNC(C)CC1CCCCCN1. The van der Waals surface area contributed by atoms with Crippen molar-refractivity contribution in [2.45, 2.75) is 77.0 Å². The molecule has 17 heavy (non-hydrogen) atoms. The first kappa shape index (κ1) is 14.9. The Morgan fingerprint density at radius 3 is 2.88 bits per heavy atom. The van der Waals surface area contributed by atoms with Crippen LogP contribution in [0.4, 0.5) is 0 Å². The third kappa shape index (κ3) is 6.39. The molecule has 3 unspecified atom stereocenters. The lowest BCUT2D eigenvalue weighted by Gasteiger charge is -2.26. The molecule has 3 N–H and O–H groups in total. The molecule has 1 fully saturated rings. The maximum atomic E-state index is 9.94. The Balaban J connectivity index is 2.21. The predicted molar refractivity (Wildman–Crippen MR) is 73.3 cm³/mol. The van der Waals surface area contributed by atoms with Crippen molar-refractivity contribution in [1.82, 2.24) is 10.6 Å². The van der Waals surface area contributed by atoms with Crippen molar-refractivity contribution in [2.75, 3.05) is 13.1 Å². The molecule has 0 bridgehead atoms. The summed E-state index contributed by atoms with van der Waals surface area (Å²) in [5.41, 5.74) is -0.564. The van der Waals surface area contributed by atoms with Gasteiger partial charge in [0.1, 0.15) is 0 Å². The second-order valence-electron chi connectivity index (χ2n) is 5.87. The Morgan fingerprint density at radius 2 is 2.18 bits per heavy atom. The van der Waals surface area contributed by atoms with Crippen LogP contribution in [0.2, 0.25) is 0 Å². The van der Waals surface area contributed by atoms with Crippen molar-refractivity contribution in [1.29, 1.82) is 0 Å². The Labute approximate surface area is 106 Å². The lowest BCUT2D eigenvalue weighted by atomic mass is 10.0. The highest BCUT2D eigenvalue weighted by atomic mass is 16.3. The smallest absolute Gasteiger partial charge is 0.0741 e. The highest BCUT2D eigenvalue weighted by molar-refractivity contribution is 4.79. The third-order valence-corrected chi connectivity index (χ3v) is 3.89. The molecule has 0 aromatic heterocycles. The summed E-state index contributed by atoms with van der Waals surface area (Å²) in [6.07, 6.45) is 7.32. The summed E-state index contributed by atoms with van der Waals surface area (Å²) >= 11 is 0. The number of hydrogen-bond donors (Lipinski definition) is 3. The Bertz CT molecular complexity index is 198. The Kier molecular flexibility index (Phi) is 6.45. The van der Waals surface area contributed by atoms with E-state index in [1.54, 1.807) is 0 Å². The van der Waals surface area contributed by atoms with Gasteiger partial charge in [0.2, 0.25) is 0 Å². The first-order valence-corrected chi connectivity index (χ1v) is 7.22. The van der Waals surface area contributed by atoms with Crippen LogP contribution in [0.5, 0.6) is 0 Å². The lowest BCUT2D eigenvalue weighted by molar-refractivity contribution is 0.0527. The van der Waals surface area contributed by atoms with Crippen LogP contribution < -0.4 is 10.6 Å². The highest BCUT2D eigenvalue weighted by Gasteiger charge is 2.20. The summed E-state index contributed by atoms with van der Waals surface area (Å²) < 4.78 is 0. The molecule has 3 nitrogen and oxygen atoms in total. The zero-order valence-electron chi connectivity index (χ0n) is 11.8. The molecular weight excluding hydrogens is 212 g/mol. The van der Waals surface area contributed by atoms with Gasteiger partial charge in [-0.3, -0.25) is 0 Å². The zero-order chi connectivity index (χ0) is 12.7. The molecule has 3 heteroatoms. The molecule has 1 aliphatic heterocycles. The van der Waals surface area contributed by atoms with E-state index in [1.165, 1.54) is 38.6 Å². The van der Waals surface area contributed by atoms with Gasteiger partial charge in [0, 0.05) is 18.6 Å². The Hall–Kier alpha value is -0.120. The molecule has 3 atom stereocenters.